The molecule has 1 saturated heterocycles. The van der Waals surface area contributed by atoms with Crippen LogP contribution in [0.2, 0.25) is 0 Å². The Hall–Kier alpha value is -8.26. The Morgan fingerprint density at radius 1 is 0.707 bits per heavy atom. The Morgan fingerprint density at radius 3 is 1.90 bits per heavy atom. The van der Waals surface area contributed by atoms with Crippen molar-refractivity contribution in [2.45, 2.75) is 186 Å². The molecule has 546 valence electrons. The molecule has 2 bridgehead atoms. The first-order valence-corrected chi connectivity index (χ1v) is 33.1. The van der Waals surface area contributed by atoms with E-state index in [0.717, 1.165) is 6.92 Å². The van der Waals surface area contributed by atoms with Crippen molar-refractivity contribution in [1.29, 1.82) is 0 Å². The van der Waals surface area contributed by atoms with Crippen LogP contribution in [0.4, 0.5) is 4.79 Å². The van der Waals surface area contributed by atoms with Gasteiger partial charge in [0.05, 0.1) is 88.3 Å². The van der Waals surface area contributed by atoms with Gasteiger partial charge in [-0.2, -0.15) is 0 Å². The average Bonchev–Trinajstić information content (AvgIpc) is 0.671. The fourth-order valence-corrected chi connectivity index (χ4v) is 13.0. The molecule has 2 aromatic carbocycles. The molecule has 12 atom stereocenters. The molecule has 30 nitrogen and oxygen atoms in total. The number of Topliss-reactive ketones (excluding diaryl/α,β-unsaturated/α-hetero) is 2. The zero-order chi connectivity index (χ0) is 73.0. The number of aliphatic hydroxyl groups is 3. The van der Waals surface area contributed by atoms with Crippen molar-refractivity contribution in [3.63, 3.8) is 0 Å². The van der Waals surface area contributed by atoms with E-state index in [1.54, 1.807) is 64.3 Å². The number of hydrogen-bond donors (Lipinski definition) is 9. The Morgan fingerprint density at radius 2 is 1.30 bits per heavy atom. The van der Waals surface area contributed by atoms with Gasteiger partial charge in [0.25, 0.3) is 0 Å². The standard InChI is InChI=1S/C69H96N6O24/c1-40-46(35-69(90)61(97-62(87)44-22-15-12-16-23-44)59-67(9,60(86)57(85)55(40)66(69,7)8)47(78)34-48-68(59,39-94-48)98-42(3)77)95-63(88)58(56(43-20-13-11-14-21-43)75-64(89)99-65(4,5)6)96-54(84)26-19-25-49(79)71-36-51(81)72-37-52(82)73-38-53(83)74-45(41(2)76)24-17-18-28-70-50(80)27-29-92-32-33-93-31-30-91-10/h11-16,20-23,45-48,56-59,61,78,85,90H,17-19,24-39H2,1-10H3,(H,70,80)(H,71,79)(H,72,81)(H,73,82)(H,74,83)(H,75,89)/t45?,46-,47-,48+,56-,57?,58-,59-,61+,67+,68-,69+/m0/s1. The smallest absolute Gasteiger partial charge is 0.408 e. The van der Waals surface area contributed by atoms with Gasteiger partial charge in [0.1, 0.15) is 41.7 Å². The van der Waals surface area contributed by atoms with Gasteiger partial charge in [0.2, 0.25) is 35.6 Å². The van der Waals surface area contributed by atoms with Crippen LogP contribution in [0.3, 0.4) is 0 Å². The SMILES string of the molecule is COCCOCCOCCC(=O)NCCCCC(NC(=O)CNC(=O)CNC(=O)CNC(=O)CCCC(=O)O[C@H](C(=O)O[C@H]1C[C@@]2(O)[C@H](OC(=O)c3ccccc3)[C@@H]3[C@]4(OC(C)=O)CO[C@@H]4C[C@H](O)[C@@]3(C)C(=O)C(O)C(=C1C)C2(C)C)[C@@H](NC(=O)OC(C)(C)C)c1ccccc1)C(C)=O. The number of rotatable bonds is 35. The predicted molar refractivity (Wildman–Crippen MR) is 348 cm³/mol. The summed E-state index contributed by atoms with van der Waals surface area (Å²) < 4.78 is 51.7. The highest BCUT2D eigenvalue weighted by molar-refractivity contribution is 5.95. The second kappa shape index (κ2) is 35.7. The molecule has 3 aliphatic carbocycles. The molecule has 1 aliphatic heterocycles. The predicted octanol–water partition coefficient (Wildman–Crippen LogP) is 1.76. The zero-order valence-electron chi connectivity index (χ0n) is 57.8. The van der Waals surface area contributed by atoms with E-state index in [0.29, 0.717) is 45.8 Å². The number of esters is 4. The first-order chi connectivity index (χ1) is 46.7. The number of carbonyl (C=O) groups is 12. The van der Waals surface area contributed by atoms with Gasteiger partial charge >= 0.3 is 30.0 Å². The fourth-order valence-electron chi connectivity index (χ4n) is 13.0. The van der Waals surface area contributed by atoms with Crippen molar-refractivity contribution >= 4 is 71.1 Å². The summed E-state index contributed by atoms with van der Waals surface area (Å²) in [4.78, 5) is 161. The van der Waals surface area contributed by atoms with E-state index in [2.05, 4.69) is 31.9 Å². The molecule has 3 fully saturated rings. The molecule has 9 N–H and O–H groups in total. The first-order valence-electron chi connectivity index (χ1n) is 33.1. The Kier molecular flexibility index (Phi) is 28.7. The minimum absolute atomic E-state index is 0.00148. The third-order valence-corrected chi connectivity index (χ3v) is 18.3. The Bertz CT molecular complexity index is 3250. The number of aliphatic hydroxyl groups excluding tert-OH is 2. The summed E-state index contributed by atoms with van der Waals surface area (Å²) >= 11 is 0. The van der Waals surface area contributed by atoms with Gasteiger partial charge in [0, 0.05) is 58.1 Å². The van der Waals surface area contributed by atoms with Gasteiger partial charge < -0.3 is 89.9 Å². The zero-order valence-corrected chi connectivity index (χ0v) is 57.8. The molecule has 0 aromatic heterocycles. The van der Waals surface area contributed by atoms with Gasteiger partial charge in [-0.15, -0.1) is 0 Å². The molecular weight excluding hydrogens is 1300 g/mol. The van der Waals surface area contributed by atoms with E-state index in [4.69, 9.17) is 42.6 Å². The number of ketones is 2. The molecule has 2 unspecified atom stereocenters. The van der Waals surface area contributed by atoms with Gasteiger partial charge in [0.15, 0.2) is 17.2 Å². The molecular formula is C69H96N6O24. The summed E-state index contributed by atoms with van der Waals surface area (Å²) in [5.41, 5.74) is -9.36. The number of methoxy groups -OCH3 is 1. The Balaban J connectivity index is 1.10. The van der Waals surface area contributed by atoms with E-state index < -0.39 is 174 Å². The number of benzene rings is 2. The normalized spacial score (nSPS) is 24.5. The minimum atomic E-state index is -2.53. The van der Waals surface area contributed by atoms with Crippen LogP contribution >= 0.6 is 0 Å². The highest BCUT2D eigenvalue weighted by Gasteiger charge is 2.78. The summed E-state index contributed by atoms with van der Waals surface area (Å²) in [6, 6.07) is 13.0. The van der Waals surface area contributed by atoms with Crippen LogP contribution in [0.25, 0.3) is 0 Å². The number of amides is 6. The molecule has 1 heterocycles. The minimum Gasteiger partial charge on any atom is -0.455 e. The number of ether oxygens (including phenoxy) is 9. The highest BCUT2D eigenvalue weighted by atomic mass is 16.6. The Labute approximate surface area is 574 Å². The van der Waals surface area contributed by atoms with E-state index in [1.165, 1.54) is 58.9 Å². The van der Waals surface area contributed by atoms with Gasteiger partial charge in [-0.3, -0.25) is 43.2 Å². The van der Waals surface area contributed by atoms with E-state index >= 15 is 9.59 Å². The molecule has 4 aliphatic rings. The highest BCUT2D eigenvalue weighted by Crippen LogP contribution is 2.64. The van der Waals surface area contributed by atoms with Crippen LogP contribution in [0.1, 0.15) is 142 Å². The summed E-state index contributed by atoms with van der Waals surface area (Å²) in [5, 5.41) is 53.4. The first kappa shape index (κ1) is 79.7. The maximum atomic E-state index is 15.4. The van der Waals surface area contributed by atoms with Gasteiger partial charge in [-0.25, -0.2) is 14.4 Å². The summed E-state index contributed by atoms with van der Waals surface area (Å²) in [5.74, 6) is -10.4. The largest absolute Gasteiger partial charge is 0.455 e. The van der Waals surface area contributed by atoms with Crippen LogP contribution < -0.4 is 31.9 Å². The fraction of sp³-hybridized carbons (Fsp3) is 0.623. The van der Waals surface area contributed by atoms with E-state index in [-0.39, 0.29) is 79.3 Å². The monoisotopic (exact) mass is 1390 g/mol. The molecule has 6 rings (SSSR count). The van der Waals surface area contributed by atoms with Crippen LogP contribution in [0, 0.1) is 16.7 Å². The number of carbonyl (C=O) groups excluding carboxylic acids is 12. The maximum Gasteiger partial charge on any atom is 0.408 e. The molecule has 2 aromatic rings. The van der Waals surface area contributed by atoms with Crippen LogP contribution in [-0.2, 0) is 90.6 Å². The van der Waals surface area contributed by atoms with E-state index in [9.17, 15) is 63.3 Å². The second-order valence-corrected chi connectivity index (χ2v) is 26.8. The lowest BCUT2D eigenvalue weighted by Crippen LogP contribution is -2.81. The van der Waals surface area contributed by atoms with Crippen molar-refractivity contribution in [3.8, 4) is 0 Å². The van der Waals surface area contributed by atoms with Crippen molar-refractivity contribution in [1.82, 2.24) is 31.9 Å². The third-order valence-electron chi connectivity index (χ3n) is 18.3. The van der Waals surface area contributed by atoms with E-state index in [1.807, 2.05) is 0 Å². The molecule has 0 spiro atoms. The topological polar surface area (TPSA) is 421 Å². The lowest BCUT2D eigenvalue weighted by molar-refractivity contribution is -0.346. The molecule has 6 amide bonds. The van der Waals surface area contributed by atoms with Crippen molar-refractivity contribution < 1.29 is 115 Å². The number of nitrogens with one attached hydrogen (secondary N) is 6. The third kappa shape index (κ3) is 20.7. The quantitative estimate of drug-likeness (QED) is 0.0205. The molecule has 2 saturated carbocycles. The number of alkyl carbamates (subject to hydrolysis) is 1. The van der Waals surface area contributed by atoms with Crippen LogP contribution in [0.15, 0.2) is 71.8 Å². The number of fused-ring (bicyclic) bond motifs is 5. The molecule has 99 heavy (non-hydrogen) atoms. The van der Waals surface area contributed by atoms with Crippen molar-refractivity contribution in [3.05, 3.63) is 82.9 Å². The van der Waals surface area contributed by atoms with Crippen LogP contribution in [-0.4, -0.2) is 219 Å². The molecule has 0 radical (unpaired) electrons. The summed E-state index contributed by atoms with van der Waals surface area (Å²) in [6.45, 7) is 13.0. The lowest BCUT2D eigenvalue weighted by atomic mass is 9.44. The summed E-state index contributed by atoms with van der Waals surface area (Å²) in [6.07, 6.45) is -12.4. The number of unbranched alkanes of at least 4 members (excludes halogenated alkanes) is 1. The second-order valence-electron chi connectivity index (χ2n) is 26.8. The lowest BCUT2D eigenvalue weighted by Gasteiger charge is -2.67. The summed E-state index contributed by atoms with van der Waals surface area (Å²) in [7, 11) is 1.57. The van der Waals surface area contributed by atoms with Crippen molar-refractivity contribution in [2.24, 2.45) is 16.7 Å². The number of hydrogen-bond acceptors (Lipinski definition) is 24. The molecule has 30 heteroatoms. The average molecular weight is 1390 g/mol. The maximum absolute atomic E-state index is 15.4. The van der Waals surface area contributed by atoms with Gasteiger partial charge in [-0.05, 0) is 96.1 Å². The van der Waals surface area contributed by atoms with Crippen molar-refractivity contribution in [2.75, 3.05) is 72.9 Å². The van der Waals surface area contributed by atoms with Gasteiger partial charge in [-0.1, -0.05) is 62.4 Å². The van der Waals surface area contributed by atoms with Crippen LogP contribution in [0.5, 0.6) is 0 Å².